The van der Waals surface area contributed by atoms with Gasteiger partial charge >= 0.3 is 0 Å². The van der Waals surface area contributed by atoms with Crippen LogP contribution in [0.1, 0.15) is 89.2 Å². The molecule has 1 rings (SSSR count). The van der Waals surface area contributed by atoms with Crippen molar-refractivity contribution in [2.24, 2.45) is 5.73 Å². The van der Waals surface area contributed by atoms with Crippen molar-refractivity contribution < 1.29 is 9.84 Å². The Morgan fingerprint density at radius 2 is 1.42 bits per heavy atom. The van der Waals surface area contributed by atoms with Crippen molar-refractivity contribution in [2.75, 3.05) is 13.2 Å². The molecule has 0 spiro atoms. The van der Waals surface area contributed by atoms with Crippen molar-refractivity contribution in [3.05, 3.63) is 29.8 Å². The van der Waals surface area contributed by atoms with Crippen LogP contribution in [0.4, 0.5) is 0 Å². The average Bonchev–Trinajstić information content (AvgIpc) is 2.60. The van der Waals surface area contributed by atoms with E-state index in [-0.39, 0.29) is 12.6 Å². The quantitative estimate of drug-likeness (QED) is 0.424. The van der Waals surface area contributed by atoms with Gasteiger partial charge in [0.2, 0.25) is 0 Å². The minimum Gasteiger partial charge on any atom is -0.494 e. The topological polar surface area (TPSA) is 55.5 Å². The van der Waals surface area contributed by atoms with Gasteiger partial charge < -0.3 is 15.6 Å². The molecule has 0 aliphatic carbocycles. The first-order chi connectivity index (χ1) is 11.8. The van der Waals surface area contributed by atoms with Crippen LogP contribution in [0.15, 0.2) is 24.3 Å². The third-order valence-electron chi connectivity index (χ3n) is 4.51. The molecular weight excluding hydrogens is 298 g/mol. The number of rotatable bonds is 15. The number of benzene rings is 1. The summed E-state index contributed by atoms with van der Waals surface area (Å²) in [4.78, 5) is 0. The van der Waals surface area contributed by atoms with E-state index in [0.29, 0.717) is 6.42 Å². The molecular formula is C21H37NO2. The molecule has 24 heavy (non-hydrogen) atoms. The Bertz CT molecular complexity index is 391. The number of aliphatic hydroxyl groups excluding tert-OH is 1. The molecule has 0 aliphatic rings. The summed E-state index contributed by atoms with van der Waals surface area (Å²) in [5.74, 6) is 0.908. The van der Waals surface area contributed by atoms with E-state index in [1.807, 2.05) is 24.3 Å². The minimum atomic E-state index is -0.0916. The van der Waals surface area contributed by atoms with E-state index in [1.54, 1.807) is 0 Å². The predicted molar refractivity (Wildman–Crippen MR) is 102 cm³/mol. The lowest BCUT2D eigenvalue weighted by atomic mass is 10.1. The highest BCUT2D eigenvalue weighted by atomic mass is 16.5. The minimum absolute atomic E-state index is 0.0916. The van der Waals surface area contributed by atoms with Gasteiger partial charge in [0.05, 0.1) is 6.61 Å². The number of hydrogen-bond acceptors (Lipinski definition) is 3. The molecule has 0 aromatic heterocycles. The zero-order valence-electron chi connectivity index (χ0n) is 15.5. The SMILES string of the molecule is CCCCCCCCCCCCOc1ccc([C@H](N)CCO)cc1. The number of unbranched alkanes of at least 4 members (excludes halogenated alkanes) is 9. The first-order valence-corrected chi connectivity index (χ1v) is 9.87. The molecule has 0 saturated heterocycles. The largest absolute Gasteiger partial charge is 0.494 e. The Balaban J connectivity index is 1.99. The van der Waals surface area contributed by atoms with Crippen LogP contribution in [0.3, 0.4) is 0 Å². The van der Waals surface area contributed by atoms with Crippen LogP contribution in [0.25, 0.3) is 0 Å². The molecule has 0 saturated carbocycles. The highest BCUT2D eigenvalue weighted by Crippen LogP contribution is 2.18. The summed E-state index contributed by atoms with van der Waals surface area (Å²) in [6.07, 6.45) is 14.0. The second-order valence-electron chi connectivity index (χ2n) is 6.72. The second-order valence-corrected chi connectivity index (χ2v) is 6.72. The van der Waals surface area contributed by atoms with Gasteiger partial charge in [-0.15, -0.1) is 0 Å². The van der Waals surface area contributed by atoms with E-state index >= 15 is 0 Å². The lowest BCUT2D eigenvalue weighted by Crippen LogP contribution is -2.11. The van der Waals surface area contributed by atoms with Crippen molar-refractivity contribution >= 4 is 0 Å². The van der Waals surface area contributed by atoms with E-state index in [0.717, 1.165) is 24.3 Å². The lowest BCUT2D eigenvalue weighted by molar-refractivity contribution is 0.276. The molecule has 138 valence electrons. The average molecular weight is 336 g/mol. The van der Waals surface area contributed by atoms with Crippen molar-refractivity contribution in [1.82, 2.24) is 0 Å². The Kier molecular flexibility index (Phi) is 12.5. The molecule has 0 radical (unpaired) electrons. The normalized spacial score (nSPS) is 12.3. The monoisotopic (exact) mass is 335 g/mol. The molecule has 0 fully saturated rings. The van der Waals surface area contributed by atoms with Crippen molar-refractivity contribution in [1.29, 1.82) is 0 Å². The van der Waals surface area contributed by atoms with Gasteiger partial charge in [-0.2, -0.15) is 0 Å². The molecule has 0 unspecified atom stereocenters. The Morgan fingerprint density at radius 1 is 0.875 bits per heavy atom. The molecule has 3 nitrogen and oxygen atoms in total. The maximum atomic E-state index is 8.92. The summed E-state index contributed by atoms with van der Waals surface area (Å²) < 4.78 is 5.78. The van der Waals surface area contributed by atoms with Gasteiger partial charge in [-0.3, -0.25) is 0 Å². The summed E-state index contributed by atoms with van der Waals surface area (Å²) in [6, 6.07) is 7.85. The molecule has 3 N–H and O–H groups in total. The van der Waals surface area contributed by atoms with Gasteiger partial charge in [-0.1, -0.05) is 76.8 Å². The fourth-order valence-electron chi connectivity index (χ4n) is 2.90. The van der Waals surface area contributed by atoms with E-state index in [9.17, 15) is 0 Å². The summed E-state index contributed by atoms with van der Waals surface area (Å²) in [5.41, 5.74) is 7.02. The molecule has 1 aromatic rings. The van der Waals surface area contributed by atoms with Gasteiger partial charge in [-0.25, -0.2) is 0 Å². The van der Waals surface area contributed by atoms with Crippen LogP contribution < -0.4 is 10.5 Å². The Hall–Kier alpha value is -1.06. The summed E-state index contributed by atoms with van der Waals surface area (Å²) >= 11 is 0. The third-order valence-corrected chi connectivity index (χ3v) is 4.51. The first-order valence-electron chi connectivity index (χ1n) is 9.87. The van der Waals surface area contributed by atoms with Crippen molar-refractivity contribution in [3.63, 3.8) is 0 Å². The molecule has 3 heteroatoms. The zero-order chi connectivity index (χ0) is 17.5. The number of hydrogen-bond donors (Lipinski definition) is 2. The van der Waals surface area contributed by atoms with E-state index in [4.69, 9.17) is 15.6 Å². The summed E-state index contributed by atoms with van der Waals surface area (Å²) in [7, 11) is 0. The van der Waals surface area contributed by atoms with Gasteiger partial charge in [-0.05, 0) is 30.5 Å². The fourth-order valence-corrected chi connectivity index (χ4v) is 2.90. The van der Waals surface area contributed by atoms with Gasteiger partial charge in [0.1, 0.15) is 5.75 Å². The van der Waals surface area contributed by atoms with Crippen LogP contribution in [0.2, 0.25) is 0 Å². The van der Waals surface area contributed by atoms with E-state index < -0.39 is 0 Å². The number of ether oxygens (including phenoxy) is 1. The van der Waals surface area contributed by atoms with Crippen LogP contribution in [-0.2, 0) is 0 Å². The molecule has 0 bridgehead atoms. The van der Waals surface area contributed by atoms with Crippen molar-refractivity contribution in [3.8, 4) is 5.75 Å². The predicted octanol–water partition coefficient (Wildman–Crippen LogP) is 5.37. The Labute approximate surface area is 148 Å². The molecule has 0 amide bonds. The fraction of sp³-hybridized carbons (Fsp3) is 0.714. The zero-order valence-corrected chi connectivity index (χ0v) is 15.5. The Morgan fingerprint density at radius 3 is 1.96 bits per heavy atom. The molecule has 1 atom stereocenters. The van der Waals surface area contributed by atoms with Gasteiger partial charge in [0.15, 0.2) is 0 Å². The molecule has 0 heterocycles. The van der Waals surface area contributed by atoms with Crippen LogP contribution in [0.5, 0.6) is 5.75 Å². The number of aliphatic hydroxyl groups is 1. The maximum Gasteiger partial charge on any atom is 0.119 e. The standard InChI is InChI=1S/C21H37NO2/c1-2-3-4-5-6-7-8-9-10-11-18-24-20-14-12-19(13-15-20)21(22)16-17-23/h12-15,21,23H,2-11,16-18,22H2,1H3/t21-/m1/s1. The van der Waals surface area contributed by atoms with E-state index in [1.165, 1.54) is 57.8 Å². The van der Waals surface area contributed by atoms with Crippen LogP contribution in [-0.4, -0.2) is 18.3 Å². The highest BCUT2D eigenvalue weighted by molar-refractivity contribution is 5.29. The maximum absolute atomic E-state index is 8.92. The van der Waals surface area contributed by atoms with Crippen LogP contribution >= 0.6 is 0 Å². The summed E-state index contributed by atoms with van der Waals surface area (Å²) in [5, 5.41) is 8.92. The molecule has 0 aliphatic heterocycles. The summed E-state index contributed by atoms with van der Waals surface area (Å²) in [6.45, 7) is 3.18. The second kappa shape index (κ2) is 14.3. The smallest absolute Gasteiger partial charge is 0.119 e. The lowest BCUT2D eigenvalue weighted by Gasteiger charge is -2.11. The molecule has 1 aromatic carbocycles. The van der Waals surface area contributed by atoms with Gasteiger partial charge in [0, 0.05) is 12.6 Å². The van der Waals surface area contributed by atoms with E-state index in [2.05, 4.69) is 6.92 Å². The van der Waals surface area contributed by atoms with Crippen LogP contribution in [0, 0.1) is 0 Å². The highest BCUT2D eigenvalue weighted by Gasteiger charge is 2.05. The van der Waals surface area contributed by atoms with Gasteiger partial charge in [0.25, 0.3) is 0 Å². The first kappa shape index (κ1) is 21.0. The number of nitrogens with two attached hydrogens (primary N) is 1. The van der Waals surface area contributed by atoms with Crippen molar-refractivity contribution in [2.45, 2.75) is 83.6 Å². The third kappa shape index (κ3) is 9.94.